The average molecular weight is 282 g/mol. The van der Waals surface area contributed by atoms with Crippen LogP contribution in [-0.2, 0) is 9.59 Å². The molecule has 0 amide bonds. The second-order valence-corrected chi connectivity index (χ2v) is 6.50. The summed E-state index contributed by atoms with van der Waals surface area (Å²) in [7, 11) is 0. The molecule has 0 spiro atoms. The van der Waals surface area contributed by atoms with Crippen LogP contribution in [0, 0.1) is 17.8 Å². The molecule has 2 aliphatic rings. The Hall–Kier alpha value is -0.940. The van der Waals surface area contributed by atoms with Gasteiger partial charge >= 0.3 is 5.97 Å². The maximum absolute atomic E-state index is 11.5. The molecule has 4 N–H and O–H groups in total. The number of carbonyl (C=O) groups is 2. The largest absolute Gasteiger partial charge is 0.480 e. The Morgan fingerprint density at radius 1 is 1.20 bits per heavy atom. The maximum Gasteiger partial charge on any atom is 0.321 e. The van der Waals surface area contributed by atoms with E-state index < -0.39 is 12.0 Å². The highest BCUT2D eigenvalue weighted by molar-refractivity contribution is 5.78. The number of ketones is 1. The molecule has 0 aliphatic heterocycles. The Labute approximate surface area is 120 Å². The van der Waals surface area contributed by atoms with Gasteiger partial charge in [-0.25, -0.2) is 0 Å². The quantitative estimate of drug-likeness (QED) is 0.703. The molecule has 0 aromatic heterocycles. The van der Waals surface area contributed by atoms with Gasteiger partial charge in [0.25, 0.3) is 0 Å². The van der Waals surface area contributed by atoms with Crippen molar-refractivity contribution in [1.29, 1.82) is 0 Å². The zero-order valence-electron chi connectivity index (χ0n) is 12.2. The molecule has 2 rings (SSSR count). The Kier molecular flexibility index (Phi) is 5.16. The van der Waals surface area contributed by atoms with Crippen LogP contribution in [0.4, 0.5) is 0 Å². The van der Waals surface area contributed by atoms with Crippen molar-refractivity contribution in [3.05, 3.63) is 0 Å². The van der Waals surface area contributed by atoms with E-state index in [0.717, 1.165) is 38.5 Å². The smallest absolute Gasteiger partial charge is 0.321 e. The molecule has 5 heteroatoms. The van der Waals surface area contributed by atoms with Crippen molar-refractivity contribution in [2.75, 3.05) is 6.54 Å². The number of hydrogen-bond acceptors (Lipinski definition) is 4. The Morgan fingerprint density at radius 3 is 2.50 bits per heavy atom. The number of fused-ring (bicyclic) bond motifs is 1. The Balaban J connectivity index is 1.78. The predicted octanol–water partition coefficient (Wildman–Crippen LogP) is 1.16. The first-order valence-corrected chi connectivity index (χ1v) is 7.69. The van der Waals surface area contributed by atoms with Gasteiger partial charge in [-0.05, 0) is 57.3 Å². The van der Waals surface area contributed by atoms with Crippen molar-refractivity contribution >= 4 is 11.8 Å². The summed E-state index contributed by atoms with van der Waals surface area (Å²) in [6.07, 6.45) is 6.53. The molecule has 5 atom stereocenters. The van der Waals surface area contributed by atoms with E-state index in [-0.39, 0.29) is 5.92 Å². The molecular weight excluding hydrogens is 256 g/mol. The molecule has 0 aromatic carbocycles. The van der Waals surface area contributed by atoms with Crippen LogP contribution in [0.25, 0.3) is 0 Å². The molecule has 0 aromatic rings. The zero-order chi connectivity index (χ0) is 14.7. The van der Waals surface area contributed by atoms with Gasteiger partial charge < -0.3 is 16.2 Å². The third kappa shape index (κ3) is 3.79. The number of hydrogen-bond donors (Lipinski definition) is 3. The average Bonchev–Trinajstić information content (AvgIpc) is 2.43. The summed E-state index contributed by atoms with van der Waals surface area (Å²) in [6, 6.07) is -0.434. The van der Waals surface area contributed by atoms with E-state index in [9.17, 15) is 9.59 Å². The molecule has 2 aliphatic carbocycles. The fourth-order valence-corrected chi connectivity index (χ4v) is 3.82. The number of carboxylic acid groups (broad SMARTS) is 1. The lowest BCUT2D eigenvalue weighted by Crippen LogP contribution is -2.47. The number of nitrogens with one attached hydrogen (secondary N) is 1. The molecule has 0 bridgehead atoms. The summed E-state index contributed by atoms with van der Waals surface area (Å²) in [4.78, 5) is 22.2. The maximum atomic E-state index is 11.5. The summed E-state index contributed by atoms with van der Waals surface area (Å²) in [5.41, 5.74) is 5.52. The molecule has 4 unspecified atom stereocenters. The summed E-state index contributed by atoms with van der Waals surface area (Å²) in [5.74, 6) is 1.05. The number of carboxylic acids is 1. The van der Waals surface area contributed by atoms with Crippen molar-refractivity contribution in [1.82, 2.24) is 5.32 Å². The van der Waals surface area contributed by atoms with Crippen molar-refractivity contribution in [2.45, 2.75) is 57.5 Å². The van der Waals surface area contributed by atoms with Crippen molar-refractivity contribution in [3.8, 4) is 0 Å². The first-order chi connectivity index (χ1) is 9.47. The third-order valence-corrected chi connectivity index (χ3v) is 5.13. The van der Waals surface area contributed by atoms with E-state index in [4.69, 9.17) is 10.8 Å². The number of nitrogens with two attached hydrogens (primary N) is 1. The van der Waals surface area contributed by atoms with Crippen molar-refractivity contribution in [2.24, 2.45) is 23.5 Å². The molecule has 0 saturated heterocycles. The fourth-order valence-electron chi connectivity index (χ4n) is 3.82. The van der Waals surface area contributed by atoms with Gasteiger partial charge in [-0.1, -0.05) is 0 Å². The summed E-state index contributed by atoms with van der Waals surface area (Å²) < 4.78 is 0. The van der Waals surface area contributed by atoms with Gasteiger partial charge in [0.05, 0.1) is 0 Å². The van der Waals surface area contributed by atoms with E-state index >= 15 is 0 Å². The summed E-state index contributed by atoms with van der Waals surface area (Å²) >= 11 is 0. The zero-order valence-corrected chi connectivity index (χ0v) is 12.2. The van der Waals surface area contributed by atoms with Crippen LogP contribution >= 0.6 is 0 Å². The van der Waals surface area contributed by atoms with Crippen molar-refractivity contribution < 1.29 is 14.7 Å². The molecule has 2 saturated carbocycles. The van der Waals surface area contributed by atoms with Gasteiger partial charge in [-0.15, -0.1) is 0 Å². The molecule has 2 fully saturated rings. The van der Waals surface area contributed by atoms with Gasteiger partial charge in [-0.2, -0.15) is 0 Å². The molecular formula is C15H26N2O3. The number of rotatable bonds is 5. The van der Waals surface area contributed by atoms with Crippen LogP contribution in [0.15, 0.2) is 0 Å². The fraction of sp³-hybridized carbons (Fsp3) is 0.867. The second kappa shape index (κ2) is 6.68. The van der Waals surface area contributed by atoms with E-state index in [1.165, 1.54) is 0 Å². The first-order valence-electron chi connectivity index (χ1n) is 7.69. The summed E-state index contributed by atoms with van der Waals surface area (Å²) in [6.45, 7) is 2.05. The van der Waals surface area contributed by atoms with Crippen LogP contribution in [0.5, 0.6) is 0 Å². The van der Waals surface area contributed by atoms with E-state index in [1.54, 1.807) is 6.92 Å². The lowest BCUT2D eigenvalue weighted by Gasteiger charge is -2.42. The molecule has 20 heavy (non-hydrogen) atoms. The van der Waals surface area contributed by atoms with Crippen LogP contribution < -0.4 is 11.1 Å². The molecule has 5 nitrogen and oxygen atoms in total. The van der Waals surface area contributed by atoms with Crippen molar-refractivity contribution in [3.63, 3.8) is 0 Å². The first kappa shape index (κ1) is 15.4. The normalized spacial score (nSPS) is 35.1. The number of carbonyl (C=O) groups excluding carboxylic acids is 1. The van der Waals surface area contributed by atoms with E-state index in [0.29, 0.717) is 30.2 Å². The summed E-state index contributed by atoms with van der Waals surface area (Å²) in [5, 5.41) is 12.1. The second-order valence-electron chi connectivity index (χ2n) is 6.50. The molecule has 114 valence electrons. The van der Waals surface area contributed by atoms with E-state index in [1.807, 2.05) is 0 Å². The highest BCUT2D eigenvalue weighted by atomic mass is 16.4. The van der Waals surface area contributed by atoms with Gasteiger partial charge in [-0.3, -0.25) is 9.59 Å². The highest BCUT2D eigenvalue weighted by Crippen LogP contribution is 2.42. The number of Topliss-reactive ketones (excluding diaryl/α,β-unsaturated/α-hetero) is 1. The predicted molar refractivity (Wildman–Crippen MR) is 76.3 cm³/mol. The Morgan fingerprint density at radius 2 is 1.85 bits per heavy atom. The lowest BCUT2D eigenvalue weighted by atomic mass is 9.65. The van der Waals surface area contributed by atoms with Crippen LogP contribution in [0.3, 0.4) is 0 Å². The topological polar surface area (TPSA) is 92.4 Å². The lowest BCUT2D eigenvalue weighted by molar-refractivity contribution is -0.138. The van der Waals surface area contributed by atoms with Gasteiger partial charge in [0.1, 0.15) is 11.8 Å². The van der Waals surface area contributed by atoms with Gasteiger partial charge in [0, 0.05) is 18.5 Å². The van der Waals surface area contributed by atoms with Crippen LogP contribution in [-0.4, -0.2) is 35.5 Å². The Bertz CT molecular complexity index is 372. The van der Waals surface area contributed by atoms with E-state index in [2.05, 4.69) is 5.32 Å². The SMILES string of the molecule is CC(=O)C1CCC2CC(NC[C@H](N)C(=O)O)CCC2C1. The minimum absolute atomic E-state index is 0.279. The molecule has 0 radical (unpaired) electrons. The molecule has 0 heterocycles. The third-order valence-electron chi connectivity index (χ3n) is 5.13. The number of aliphatic carboxylic acids is 1. The van der Waals surface area contributed by atoms with Crippen LogP contribution in [0.1, 0.15) is 45.4 Å². The minimum Gasteiger partial charge on any atom is -0.480 e. The monoisotopic (exact) mass is 282 g/mol. The van der Waals surface area contributed by atoms with Crippen LogP contribution in [0.2, 0.25) is 0 Å². The highest BCUT2D eigenvalue weighted by Gasteiger charge is 2.36. The minimum atomic E-state index is -0.951. The van der Waals surface area contributed by atoms with Gasteiger partial charge in [0.2, 0.25) is 0 Å². The van der Waals surface area contributed by atoms with Gasteiger partial charge in [0.15, 0.2) is 0 Å². The standard InChI is InChI=1S/C15H26N2O3/c1-9(18)10-2-3-12-7-13(5-4-11(12)6-10)17-8-14(16)15(19)20/h10-14,17H,2-8,16H2,1H3,(H,19,20)/t10?,11?,12?,13?,14-/m0/s1.